The van der Waals surface area contributed by atoms with Crippen molar-refractivity contribution in [2.45, 2.75) is 12.7 Å². The van der Waals surface area contributed by atoms with Gasteiger partial charge in [-0.05, 0) is 17.7 Å². The molecule has 0 radical (unpaired) electrons. The molecule has 1 aromatic carbocycles. The molecule has 0 bridgehead atoms. The molecule has 1 N–H and O–H groups in total. The van der Waals surface area contributed by atoms with E-state index in [0.717, 1.165) is 17.0 Å². The Balaban J connectivity index is 2.15. The summed E-state index contributed by atoms with van der Waals surface area (Å²) in [7, 11) is 0. The Labute approximate surface area is 100 Å². The van der Waals surface area contributed by atoms with Crippen LogP contribution < -0.4 is 5.32 Å². The van der Waals surface area contributed by atoms with Crippen molar-refractivity contribution in [2.75, 3.05) is 6.54 Å². The lowest BCUT2D eigenvalue weighted by Gasteiger charge is -2.14. The van der Waals surface area contributed by atoms with Crippen LogP contribution in [0.25, 0.3) is 0 Å². The van der Waals surface area contributed by atoms with Gasteiger partial charge < -0.3 is 4.90 Å². The van der Waals surface area contributed by atoms with Crippen molar-refractivity contribution < 1.29 is 22.8 Å². The van der Waals surface area contributed by atoms with Gasteiger partial charge in [0.25, 0.3) is 0 Å². The number of hydrogen-bond acceptors (Lipinski definition) is 2. The zero-order chi connectivity index (χ0) is 13.3. The summed E-state index contributed by atoms with van der Waals surface area (Å²) in [6, 6.07) is 4.09. The van der Waals surface area contributed by atoms with Crippen LogP contribution in [0.3, 0.4) is 0 Å². The Kier molecular flexibility index (Phi) is 2.98. The Morgan fingerprint density at radius 2 is 2.00 bits per heavy atom. The minimum atomic E-state index is -4.42. The SMILES string of the molecule is O=C1CN(Cc2cccc(C(F)(F)F)c2)C(=O)N1. The van der Waals surface area contributed by atoms with Crippen molar-refractivity contribution in [3.8, 4) is 0 Å². The lowest BCUT2D eigenvalue weighted by atomic mass is 10.1. The Bertz CT molecular complexity index is 499. The van der Waals surface area contributed by atoms with Crippen LogP contribution in [0.2, 0.25) is 0 Å². The highest BCUT2D eigenvalue weighted by molar-refractivity contribution is 6.01. The van der Waals surface area contributed by atoms with Crippen molar-refractivity contribution in [3.05, 3.63) is 35.4 Å². The van der Waals surface area contributed by atoms with Gasteiger partial charge in [0.05, 0.1) is 5.56 Å². The van der Waals surface area contributed by atoms with E-state index >= 15 is 0 Å². The highest BCUT2D eigenvalue weighted by Crippen LogP contribution is 2.29. The number of nitrogens with zero attached hydrogens (tertiary/aromatic N) is 1. The average Bonchev–Trinajstić information content (AvgIpc) is 2.56. The lowest BCUT2D eigenvalue weighted by Crippen LogP contribution is -2.27. The Hall–Kier alpha value is -2.05. The molecule has 2 rings (SSSR count). The van der Waals surface area contributed by atoms with Crippen molar-refractivity contribution in [1.82, 2.24) is 10.2 Å². The maximum atomic E-state index is 12.5. The fourth-order valence-electron chi connectivity index (χ4n) is 1.68. The summed E-state index contributed by atoms with van der Waals surface area (Å²) in [5.41, 5.74) is -0.444. The number of urea groups is 1. The van der Waals surface area contributed by atoms with Crippen LogP contribution >= 0.6 is 0 Å². The van der Waals surface area contributed by atoms with Gasteiger partial charge in [0.15, 0.2) is 0 Å². The highest BCUT2D eigenvalue weighted by Gasteiger charge is 2.31. The summed E-state index contributed by atoms with van der Waals surface area (Å²) in [5.74, 6) is -0.452. The minimum Gasteiger partial charge on any atom is -0.311 e. The third-order valence-electron chi connectivity index (χ3n) is 2.50. The van der Waals surface area contributed by atoms with E-state index in [2.05, 4.69) is 5.32 Å². The molecular weight excluding hydrogens is 249 g/mol. The van der Waals surface area contributed by atoms with Crippen LogP contribution in [0.5, 0.6) is 0 Å². The molecule has 0 aromatic heterocycles. The summed E-state index contributed by atoms with van der Waals surface area (Å²) >= 11 is 0. The number of amides is 3. The third kappa shape index (κ3) is 2.61. The maximum absolute atomic E-state index is 12.5. The lowest BCUT2D eigenvalue weighted by molar-refractivity contribution is -0.137. The van der Waals surface area contributed by atoms with Gasteiger partial charge in [-0.2, -0.15) is 13.2 Å². The van der Waals surface area contributed by atoms with Crippen LogP contribution in [0.15, 0.2) is 24.3 Å². The van der Waals surface area contributed by atoms with Gasteiger partial charge >= 0.3 is 12.2 Å². The summed E-state index contributed by atoms with van der Waals surface area (Å²) in [5, 5.41) is 2.06. The van der Waals surface area contributed by atoms with Gasteiger partial charge in [-0.25, -0.2) is 4.79 Å². The van der Waals surface area contributed by atoms with E-state index in [1.165, 1.54) is 12.1 Å². The molecular formula is C11H9F3N2O2. The van der Waals surface area contributed by atoms with Crippen molar-refractivity contribution in [1.29, 1.82) is 0 Å². The number of nitrogens with one attached hydrogen (secondary N) is 1. The smallest absolute Gasteiger partial charge is 0.311 e. The monoisotopic (exact) mass is 258 g/mol. The third-order valence-corrected chi connectivity index (χ3v) is 2.50. The highest BCUT2D eigenvalue weighted by atomic mass is 19.4. The first-order chi connectivity index (χ1) is 8.36. The molecule has 1 aromatic rings. The van der Waals surface area contributed by atoms with Crippen LogP contribution in [-0.2, 0) is 17.5 Å². The van der Waals surface area contributed by atoms with Crippen molar-refractivity contribution in [2.24, 2.45) is 0 Å². The maximum Gasteiger partial charge on any atom is 0.416 e. The molecule has 0 spiro atoms. The van der Waals surface area contributed by atoms with E-state index in [0.29, 0.717) is 5.56 Å². The second-order valence-electron chi connectivity index (χ2n) is 3.91. The second kappa shape index (κ2) is 4.32. The molecule has 0 unspecified atom stereocenters. The minimum absolute atomic E-state index is 0.0263. The van der Waals surface area contributed by atoms with E-state index < -0.39 is 23.7 Å². The summed E-state index contributed by atoms with van der Waals surface area (Å²) in [6.07, 6.45) is -4.42. The molecule has 7 heteroatoms. The number of benzene rings is 1. The molecule has 0 aliphatic carbocycles. The molecule has 1 fully saturated rings. The fraction of sp³-hybridized carbons (Fsp3) is 0.273. The molecule has 3 amide bonds. The zero-order valence-electron chi connectivity index (χ0n) is 9.12. The predicted octanol–water partition coefficient (Wildman–Crippen LogP) is 1.76. The molecule has 4 nitrogen and oxygen atoms in total. The number of alkyl halides is 3. The molecule has 1 saturated heterocycles. The van der Waals surface area contributed by atoms with Crippen molar-refractivity contribution in [3.63, 3.8) is 0 Å². The van der Waals surface area contributed by atoms with Crippen LogP contribution in [0.1, 0.15) is 11.1 Å². The molecule has 1 heterocycles. The summed E-state index contributed by atoms with van der Waals surface area (Å²) < 4.78 is 37.4. The van der Waals surface area contributed by atoms with Crippen LogP contribution in [0, 0.1) is 0 Å². The predicted molar refractivity (Wildman–Crippen MR) is 55.4 cm³/mol. The van der Waals surface area contributed by atoms with E-state index in [4.69, 9.17) is 0 Å². The Morgan fingerprint density at radius 1 is 1.28 bits per heavy atom. The molecule has 1 aliphatic heterocycles. The van der Waals surface area contributed by atoms with Crippen LogP contribution in [0.4, 0.5) is 18.0 Å². The van der Waals surface area contributed by atoms with E-state index in [-0.39, 0.29) is 13.1 Å². The quantitative estimate of drug-likeness (QED) is 0.822. The topological polar surface area (TPSA) is 49.4 Å². The molecule has 18 heavy (non-hydrogen) atoms. The Morgan fingerprint density at radius 3 is 2.56 bits per heavy atom. The van der Waals surface area contributed by atoms with Gasteiger partial charge in [0.1, 0.15) is 6.54 Å². The number of hydrogen-bond donors (Lipinski definition) is 1. The average molecular weight is 258 g/mol. The zero-order valence-corrected chi connectivity index (χ0v) is 9.12. The molecule has 1 aliphatic rings. The first kappa shape index (κ1) is 12.4. The van der Waals surface area contributed by atoms with Gasteiger partial charge in [-0.15, -0.1) is 0 Å². The number of imide groups is 1. The molecule has 0 atom stereocenters. The molecule has 96 valence electrons. The standard InChI is InChI=1S/C11H9F3N2O2/c12-11(13,14)8-3-1-2-7(4-8)5-16-6-9(17)15-10(16)18/h1-4H,5-6H2,(H,15,17,18). The van der Waals surface area contributed by atoms with Gasteiger partial charge in [-0.1, -0.05) is 12.1 Å². The molecule has 0 saturated carbocycles. The second-order valence-corrected chi connectivity index (χ2v) is 3.91. The number of carbonyl (C=O) groups is 2. The number of halogens is 3. The van der Waals surface area contributed by atoms with Crippen LogP contribution in [-0.4, -0.2) is 23.4 Å². The first-order valence-corrected chi connectivity index (χ1v) is 5.11. The largest absolute Gasteiger partial charge is 0.416 e. The van der Waals surface area contributed by atoms with E-state index in [9.17, 15) is 22.8 Å². The van der Waals surface area contributed by atoms with Gasteiger partial charge in [-0.3, -0.25) is 10.1 Å². The fourth-order valence-corrected chi connectivity index (χ4v) is 1.68. The van der Waals surface area contributed by atoms with Gasteiger partial charge in [0, 0.05) is 6.54 Å². The van der Waals surface area contributed by atoms with E-state index in [1.807, 2.05) is 0 Å². The number of rotatable bonds is 2. The van der Waals surface area contributed by atoms with Gasteiger partial charge in [0.2, 0.25) is 5.91 Å². The normalized spacial score (nSPS) is 16.1. The number of carbonyl (C=O) groups excluding carboxylic acids is 2. The van der Waals surface area contributed by atoms with E-state index in [1.54, 1.807) is 0 Å². The first-order valence-electron chi connectivity index (χ1n) is 5.11. The van der Waals surface area contributed by atoms with Crippen molar-refractivity contribution >= 4 is 11.9 Å². The summed E-state index contributed by atoms with van der Waals surface area (Å²) in [6.45, 7) is -0.156. The summed E-state index contributed by atoms with van der Waals surface area (Å²) in [4.78, 5) is 23.3.